The molecule has 3 saturated carbocycles. The highest BCUT2D eigenvalue weighted by atomic mass is 16.6. The summed E-state index contributed by atoms with van der Waals surface area (Å²) < 4.78 is 7.65. The van der Waals surface area contributed by atoms with Gasteiger partial charge in [-0.25, -0.2) is 4.79 Å². The summed E-state index contributed by atoms with van der Waals surface area (Å²) in [5.41, 5.74) is 3.58. The molecule has 7 heteroatoms. The van der Waals surface area contributed by atoms with Gasteiger partial charge in [0.2, 0.25) is 5.91 Å². The molecular weight excluding hydrogens is 392 g/mol. The van der Waals surface area contributed by atoms with Crippen molar-refractivity contribution in [3.8, 4) is 11.1 Å². The number of aromatic nitrogens is 2. The third-order valence-electron chi connectivity index (χ3n) is 6.79. The van der Waals surface area contributed by atoms with Gasteiger partial charge < -0.3 is 9.64 Å². The Morgan fingerprint density at radius 3 is 2.58 bits per heavy atom. The number of rotatable bonds is 5. The Morgan fingerprint density at radius 2 is 1.87 bits per heavy atom. The number of ether oxygens (including phenoxy) is 1. The second-order valence-corrected chi connectivity index (χ2v) is 9.61. The van der Waals surface area contributed by atoms with E-state index >= 15 is 0 Å². The quantitative estimate of drug-likeness (QED) is 0.720. The van der Waals surface area contributed by atoms with E-state index < -0.39 is 0 Å². The van der Waals surface area contributed by atoms with Crippen molar-refractivity contribution < 1.29 is 14.3 Å². The Bertz CT molecular complexity index is 1040. The second kappa shape index (κ2) is 7.11. The van der Waals surface area contributed by atoms with Crippen molar-refractivity contribution in [2.45, 2.75) is 57.5 Å². The lowest BCUT2D eigenvalue weighted by Gasteiger charge is -2.41. The second-order valence-electron chi connectivity index (χ2n) is 9.61. The minimum atomic E-state index is -0.315. The molecule has 3 aliphatic carbocycles. The molecular formula is C24H28N4O3. The summed E-state index contributed by atoms with van der Waals surface area (Å²) >= 11 is 0. The standard InChI is InChI=1S/C24H28N4O3/c1-15-12-26(24(30)31-14-16-2-3-16)22-10-18(19-11-25-27(13-19)20-7-8-20)6-9-21(22)28(15)23(29)17-4-5-17/h6,9-11,13,15-17,20H,2-5,7-8,12,14H2,1H3/t15-/m0/s1. The van der Waals surface area contributed by atoms with Crippen LogP contribution in [0.15, 0.2) is 30.6 Å². The summed E-state index contributed by atoms with van der Waals surface area (Å²) in [6.45, 7) is 2.94. The fourth-order valence-corrected chi connectivity index (χ4v) is 4.42. The highest BCUT2D eigenvalue weighted by molar-refractivity contribution is 6.05. The van der Waals surface area contributed by atoms with Crippen molar-refractivity contribution in [2.24, 2.45) is 11.8 Å². The number of carbonyl (C=O) groups is 2. The van der Waals surface area contributed by atoms with Crippen LogP contribution in [0.5, 0.6) is 0 Å². The van der Waals surface area contributed by atoms with Crippen LogP contribution < -0.4 is 9.80 Å². The third kappa shape index (κ3) is 3.60. The van der Waals surface area contributed by atoms with Gasteiger partial charge in [-0.2, -0.15) is 5.10 Å². The summed E-state index contributed by atoms with van der Waals surface area (Å²) in [5, 5.41) is 4.51. The van der Waals surface area contributed by atoms with Crippen molar-refractivity contribution in [3.05, 3.63) is 30.6 Å². The number of carbonyl (C=O) groups excluding carboxylic acids is 2. The normalized spacial score (nSPS) is 22.9. The minimum absolute atomic E-state index is 0.0856. The maximum atomic E-state index is 13.1. The first-order valence-electron chi connectivity index (χ1n) is 11.5. The van der Waals surface area contributed by atoms with E-state index in [1.807, 2.05) is 40.9 Å². The van der Waals surface area contributed by atoms with Gasteiger partial charge in [-0.1, -0.05) is 6.07 Å². The fourth-order valence-electron chi connectivity index (χ4n) is 4.42. The molecule has 0 unspecified atom stereocenters. The molecule has 2 heterocycles. The van der Waals surface area contributed by atoms with Gasteiger partial charge in [0, 0.05) is 24.2 Å². The van der Waals surface area contributed by atoms with Gasteiger partial charge in [-0.05, 0) is 69.1 Å². The van der Waals surface area contributed by atoms with Gasteiger partial charge in [0.1, 0.15) is 0 Å². The van der Waals surface area contributed by atoms with Gasteiger partial charge in [0.05, 0.1) is 36.3 Å². The van der Waals surface area contributed by atoms with Crippen LogP contribution in [0.2, 0.25) is 0 Å². The van der Waals surface area contributed by atoms with E-state index in [9.17, 15) is 9.59 Å². The molecule has 162 valence electrons. The Labute approximate surface area is 182 Å². The summed E-state index contributed by atoms with van der Waals surface area (Å²) in [5.74, 6) is 0.812. The van der Waals surface area contributed by atoms with Crippen LogP contribution >= 0.6 is 0 Å². The minimum Gasteiger partial charge on any atom is -0.449 e. The summed E-state index contributed by atoms with van der Waals surface area (Å²) in [6.07, 6.45) is 10.2. The summed E-state index contributed by atoms with van der Waals surface area (Å²) in [4.78, 5) is 29.7. The van der Waals surface area contributed by atoms with Crippen molar-refractivity contribution in [1.82, 2.24) is 9.78 Å². The molecule has 0 bridgehead atoms. The summed E-state index contributed by atoms with van der Waals surface area (Å²) in [7, 11) is 0. The van der Waals surface area contributed by atoms with E-state index in [4.69, 9.17) is 4.74 Å². The molecule has 7 nitrogen and oxygen atoms in total. The topological polar surface area (TPSA) is 67.7 Å². The lowest BCUT2D eigenvalue weighted by atomic mass is 10.0. The highest BCUT2D eigenvalue weighted by Crippen LogP contribution is 2.43. The Balaban J connectivity index is 1.36. The third-order valence-corrected chi connectivity index (χ3v) is 6.79. The number of hydrogen-bond donors (Lipinski definition) is 0. The molecule has 1 aromatic heterocycles. The number of hydrogen-bond acceptors (Lipinski definition) is 4. The number of benzene rings is 1. The molecule has 0 spiro atoms. The fraction of sp³-hybridized carbons (Fsp3) is 0.542. The molecule has 0 radical (unpaired) electrons. The smallest absolute Gasteiger partial charge is 0.414 e. The van der Waals surface area contributed by atoms with Gasteiger partial charge in [-0.3, -0.25) is 14.4 Å². The Kier molecular flexibility index (Phi) is 4.33. The molecule has 4 aliphatic rings. The molecule has 0 saturated heterocycles. The first kappa shape index (κ1) is 18.9. The van der Waals surface area contributed by atoms with Gasteiger partial charge >= 0.3 is 6.09 Å². The molecule has 3 fully saturated rings. The molecule has 1 aliphatic heterocycles. The van der Waals surface area contributed by atoms with Crippen molar-refractivity contribution in [3.63, 3.8) is 0 Å². The van der Waals surface area contributed by atoms with E-state index in [1.165, 1.54) is 12.8 Å². The molecule has 0 N–H and O–H groups in total. The number of fused-ring (bicyclic) bond motifs is 1. The highest BCUT2D eigenvalue weighted by Gasteiger charge is 2.41. The van der Waals surface area contributed by atoms with Crippen molar-refractivity contribution in [1.29, 1.82) is 0 Å². The van der Waals surface area contributed by atoms with Gasteiger partial charge in [-0.15, -0.1) is 0 Å². The maximum absolute atomic E-state index is 13.1. The monoisotopic (exact) mass is 420 g/mol. The first-order valence-corrected chi connectivity index (χ1v) is 11.5. The van der Waals surface area contributed by atoms with Crippen molar-refractivity contribution in [2.75, 3.05) is 23.0 Å². The molecule has 2 amide bonds. The van der Waals surface area contributed by atoms with E-state index in [0.29, 0.717) is 25.1 Å². The van der Waals surface area contributed by atoms with E-state index in [-0.39, 0.29) is 24.0 Å². The van der Waals surface area contributed by atoms with Crippen LogP contribution in [-0.4, -0.2) is 41.0 Å². The van der Waals surface area contributed by atoms with Crippen LogP contribution in [0.1, 0.15) is 51.5 Å². The van der Waals surface area contributed by atoms with Gasteiger partial charge in [0.25, 0.3) is 0 Å². The van der Waals surface area contributed by atoms with E-state index in [1.54, 1.807) is 4.90 Å². The van der Waals surface area contributed by atoms with Crippen molar-refractivity contribution >= 4 is 23.4 Å². The Hall–Kier alpha value is -2.83. The van der Waals surface area contributed by atoms with E-state index in [2.05, 4.69) is 11.3 Å². The van der Waals surface area contributed by atoms with E-state index in [0.717, 1.165) is 48.2 Å². The SMILES string of the molecule is C[C@H]1CN(C(=O)OCC2CC2)c2cc(-c3cnn(C4CC4)c3)ccc2N1C(=O)C1CC1. The van der Waals surface area contributed by atoms with Crippen LogP contribution in [0, 0.1) is 11.8 Å². The van der Waals surface area contributed by atoms with Crippen LogP contribution in [-0.2, 0) is 9.53 Å². The largest absolute Gasteiger partial charge is 0.449 e. The zero-order valence-electron chi connectivity index (χ0n) is 17.9. The lowest BCUT2D eigenvalue weighted by molar-refractivity contribution is -0.120. The maximum Gasteiger partial charge on any atom is 0.414 e. The zero-order valence-corrected chi connectivity index (χ0v) is 17.9. The van der Waals surface area contributed by atoms with Crippen LogP contribution in [0.4, 0.5) is 16.2 Å². The zero-order chi connectivity index (χ0) is 21.1. The lowest BCUT2D eigenvalue weighted by Crippen LogP contribution is -2.52. The number of amides is 2. The molecule has 1 atom stereocenters. The van der Waals surface area contributed by atoms with Gasteiger partial charge in [0.15, 0.2) is 0 Å². The molecule has 31 heavy (non-hydrogen) atoms. The molecule has 2 aromatic rings. The average Bonchev–Trinajstić information content (AvgIpc) is 3.63. The first-order chi connectivity index (χ1) is 15.1. The Morgan fingerprint density at radius 1 is 1.06 bits per heavy atom. The molecule has 1 aromatic carbocycles. The predicted molar refractivity (Wildman–Crippen MR) is 117 cm³/mol. The van der Waals surface area contributed by atoms with Crippen LogP contribution in [0.25, 0.3) is 11.1 Å². The summed E-state index contributed by atoms with van der Waals surface area (Å²) in [6, 6.07) is 6.47. The number of anilines is 2. The molecule has 6 rings (SSSR count). The number of nitrogens with zero attached hydrogens (tertiary/aromatic N) is 4. The van der Waals surface area contributed by atoms with Crippen LogP contribution in [0.3, 0.4) is 0 Å². The average molecular weight is 421 g/mol. The predicted octanol–water partition coefficient (Wildman–Crippen LogP) is 4.38.